The standard InChI is InChI=1S/C8H8F6O/c1-4(5(2)15-3)6(7(9,10)11)8(12,13)14/h2H2,1,3H3. The highest BCUT2D eigenvalue weighted by molar-refractivity contribution is 5.33. The van der Waals surface area contributed by atoms with E-state index < -0.39 is 29.3 Å². The Balaban J connectivity index is 5.59. The fourth-order valence-corrected chi connectivity index (χ4v) is 0.878. The van der Waals surface area contributed by atoms with Crippen molar-refractivity contribution < 1.29 is 31.1 Å². The Hall–Kier alpha value is -1.14. The number of hydrogen-bond donors (Lipinski definition) is 0. The predicted octanol–water partition coefficient (Wildman–Crippen LogP) is 3.59. The smallest absolute Gasteiger partial charge is 0.421 e. The van der Waals surface area contributed by atoms with Crippen molar-refractivity contribution in [3.63, 3.8) is 0 Å². The van der Waals surface area contributed by atoms with Gasteiger partial charge in [0.25, 0.3) is 0 Å². The third-order valence-corrected chi connectivity index (χ3v) is 1.61. The quantitative estimate of drug-likeness (QED) is 0.403. The molecule has 7 heteroatoms. The zero-order chi connectivity index (χ0) is 12.4. The summed E-state index contributed by atoms with van der Waals surface area (Å²) in [5.41, 5.74) is -3.67. The lowest BCUT2D eigenvalue weighted by molar-refractivity contribution is -0.173. The summed E-state index contributed by atoms with van der Waals surface area (Å²) in [6.07, 6.45) is -11.0. The summed E-state index contributed by atoms with van der Waals surface area (Å²) >= 11 is 0. The van der Waals surface area contributed by atoms with Gasteiger partial charge < -0.3 is 4.74 Å². The molecule has 0 aliphatic rings. The second kappa shape index (κ2) is 4.16. The van der Waals surface area contributed by atoms with Crippen molar-refractivity contribution in [2.75, 3.05) is 7.11 Å². The molecule has 88 valence electrons. The lowest BCUT2D eigenvalue weighted by atomic mass is 10.1. The van der Waals surface area contributed by atoms with Crippen LogP contribution in [0.3, 0.4) is 0 Å². The van der Waals surface area contributed by atoms with Crippen LogP contribution in [0.15, 0.2) is 23.5 Å². The van der Waals surface area contributed by atoms with Crippen molar-refractivity contribution >= 4 is 0 Å². The molecule has 1 nitrogen and oxygen atoms in total. The van der Waals surface area contributed by atoms with Crippen molar-refractivity contribution in [3.05, 3.63) is 23.5 Å². The topological polar surface area (TPSA) is 9.23 Å². The Morgan fingerprint density at radius 2 is 1.33 bits per heavy atom. The maximum Gasteiger partial charge on any atom is 0.421 e. The van der Waals surface area contributed by atoms with E-state index in [1.165, 1.54) is 0 Å². The van der Waals surface area contributed by atoms with Crippen LogP contribution in [0.5, 0.6) is 0 Å². The van der Waals surface area contributed by atoms with Gasteiger partial charge in [0.2, 0.25) is 0 Å². The minimum atomic E-state index is -5.48. The van der Waals surface area contributed by atoms with E-state index in [1.54, 1.807) is 0 Å². The molecule has 0 amide bonds. The molecule has 0 aliphatic heterocycles. The van der Waals surface area contributed by atoms with Gasteiger partial charge in [-0.25, -0.2) is 0 Å². The van der Waals surface area contributed by atoms with Crippen LogP contribution in [-0.2, 0) is 4.74 Å². The van der Waals surface area contributed by atoms with Gasteiger partial charge in [-0.3, -0.25) is 0 Å². The summed E-state index contributed by atoms with van der Waals surface area (Å²) in [5.74, 6) is -0.667. The molecule has 0 N–H and O–H groups in total. The summed E-state index contributed by atoms with van der Waals surface area (Å²) < 4.78 is 76.8. The summed E-state index contributed by atoms with van der Waals surface area (Å²) in [6.45, 7) is 3.60. The number of ether oxygens (including phenoxy) is 1. The first-order chi connectivity index (χ1) is 6.51. The fourth-order valence-electron chi connectivity index (χ4n) is 0.878. The average Bonchev–Trinajstić information content (AvgIpc) is 1.97. The molecule has 0 fully saturated rings. The molecule has 0 aromatic heterocycles. The van der Waals surface area contributed by atoms with Crippen LogP contribution in [0.2, 0.25) is 0 Å². The third-order valence-electron chi connectivity index (χ3n) is 1.61. The van der Waals surface area contributed by atoms with Crippen molar-refractivity contribution in [1.29, 1.82) is 0 Å². The lowest BCUT2D eigenvalue weighted by Gasteiger charge is -2.18. The van der Waals surface area contributed by atoms with Gasteiger partial charge in [-0.2, -0.15) is 26.3 Å². The summed E-state index contributed by atoms with van der Waals surface area (Å²) in [7, 11) is 0.941. The molecule has 0 atom stereocenters. The van der Waals surface area contributed by atoms with Gasteiger partial charge in [-0.05, 0) is 6.92 Å². The largest absolute Gasteiger partial charge is 0.497 e. The predicted molar refractivity (Wildman–Crippen MR) is 41.0 cm³/mol. The van der Waals surface area contributed by atoms with Crippen LogP contribution in [0.25, 0.3) is 0 Å². The monoisotopic (exact) mass is 234 g/mol. The van der Waals surface area contributed by atoms with Crippen LogP contribution in [0, 0.1) is 0 Å². The molecule has 0 saturated heterocycles. The van der Waals surface area contributed by atoms with E-state index in [4.69, 9.17) is 0 Å². The first-order valence-electron chi connectivity index (χ1n) is 3.60. The van der Waals surface area contributed by atoms with E-state index in [-0.39, 0.29) is 0 Å². The molecule has 0 unspecified atom stereocenters. The maximum absolute atomic E-state index is 12.1. The minimum absolute atomic E-state index is 0.655. The Labute approximate surface area is 82.0 Å². The van der Waals surface area contributed by atoms with Crippen LogP contribution >= 0.6 is 0 Å². The van der Waals surface area contributed by atoms with Crippen LogP contribution < -0.4 is 0 Å². The number of alkyl halides is 6. The Morgan fingerprint density at radius 1 is 1.00 bits per heavy atom. The van der Waals surface area contributed by atoms with Gasteiger partial charge in [0.1, 0.15) is 11.3 Å². The molecule has 0 aliphatic carbocycles. The first-order valence-corrected chi connectivity index (χ1v) is 3.60. The number of methoxy groups -OCH3 is 1. The van der Waals surface area contributed by atoms with Gasteiger partial charge in [0, 0.05) is 5.57 Å². The van der Waals surface area contributed by atoms with E-state index in [0.29, 0.717) is 6.92 Å². The summed E-state index contributed by atoms with van der Waals surface area (Å²) in [4.78, 5) is 0. The van der Waals surface area contributed by atoms with Crippen LogP contribution in [0.1, 0.15) is 6.92 Å². The molecule has 0 aromatic carbocycles. The molecular weight excluding hydrogens is 226 g/mol. The summed E-state index contributed by atoms with van der Waals surface area (Å²) in [6, 6.07) is 0. The molecule has 0 saturated carbocycles. The number of hydrogen-bond acceptors (Lipinski definition) is 1. The Bertz CT molecular complexity index is 266. The number of rotatable bonds is 2. The highest BCUT2D eigenvalue weighted by Gasteiger charge is 2.52. The number of halogens is 6. The van der Waals surface area contributed by atoms with E-state index in [1.807, 2.05) is 0 Å². The third kappa shape index (κ3) is 3.49. The highest BCUT2D eigenvalue weighted by atomic mass is 19.4. The van der Waals surface area contributed by atoms with Crippen LogP contribution in [0.4, 0.5) is 26.3 Å². The molecule has 15 heavy (non-hydrogen) atoms. The Kier molecular flexibility index (Phi) is 3.84. The van der Waals surface area contributed by atoms with Crippen molar-refractivity contribution in [2.24, 2.45) is 0 Å². The van der Waals surface area contributed by atoms with E-state index in [9.17, 15) is 26.3 Å². The Morgan fingerprint density at radius 3 is 1.53 bits per heavy atom. The first kappa shape index (κ1) is 13.9. The molecule has 0 radical (unpaired) electrons. The molecule has 0 spiro atoms. The van der Waals surface area contributed by atoms with Gasteiger partial charge in [-0.1, -0.05) is 6.58 Å². The van der Waals surface area contributed by atoms with Crippen LogP contribution in [-0.4, -0.2) is 19.5 Å². The van der Waals surface area contributed by atoms with E-state index >= 15 is 0 Å². The van der Waals surface area contributed by atoms with Gasteiger partial charge in [-0.15, -0.1) is 0 Å². The number of allylic oxidation sites excluding steroid dienone is 2. The van der Waals surface area contributed by atoms with Crippen molar-refractivity contribution in [2.45, 2.75) is 19.3 Å². The maximum atomic E-state index is 12.1. The minimum Gasteiger partial charge on any atom is -0.497 e. The second-order valence-electron chi connectivity index (χ2n) is 2.62. The van der Waals surface area contributed by atoms with Gasteiger partial charge >= 0.3 is 12.4 Å². The normalized spacial score (nSPS) is 12.3. The SMILES string of the molecule is C=C(OC)C(C)=C(C(F)(F)F)C(F)(F)F. The van der Waals surface area contributed by atoms with Crippen molar-refractivity contribution in [1.82, 2.24) is 0 Å². The van der Waals surface area contributed by atoms with Crippen molar-refractivity contribution in [3.8, 4) is 0 Å². The van der Waals surface area contributed by atoms with Gasteiger partial charge in [0.15, 0.2) is 0 Å². The molecular formula is C8H8F6O. The highest BCUT2D eigenvalue weighted by Crippen LogP contribution is 2.41. The second-order valence-corrected chi connectivity index (χ2v) is 2.62. The molecule has 0 heterocycles. The average molecular weight is 234 g/mol. The van der Waals surface area contributed by atoms with E-state index in [2.05, 4.69) is 11.3 Å². The molecule has 0 aromatic rings. The molecule has 0 bridgehead atoms. The van der Waals surface area contributed by atoms with Gasteiger partial charge in [0.05, 0.1) is 7.11 Å². The lowest BCUT2D eigenvalue weighted by Crippen LogP contribution is -2.28. The summed E-state index contributed by atoms with van der Waals surface area (Å²) in [5, 5.41) is 0. The zero-order valence-corrected chi connectivity index (χ0v) is 7.88. The van der Waals surface area contributed by atoms with E-state index in [0.717, 1.165) is 7.11 Å². The molecule has 0 rings (SSSR count). The fraction of sp³-hybridized carbons (Fsp3) is 0.500. The zero-order valence-electron chi connectivity index (χ0n) is 7.88.